The lowest BCUT2D eigenvalue weighted by atomic mass is 10.2. The predicted molar refractivity (Wildman–Crippen MR) is 97.4 cm³/mol. The summed E-state index contributed by atoms with van der Waals surface area (Å²) in [5, 5.41) is 11.0. The number of hydrogen-bond donors (Lipinski definition) is 1. The predicted octanol–water partition coefficient (Wildman–Crippen LogP) is 4.13. The Morgan fingerprint density at radius 1 is 1.10 bits per heavy atom. The maximum Gasteiger partial charge on any atom is 0.331 e. The van der Waals surface area contributed by atoms with Gasteiger partial charge in [-0.25, -0.2) is 4.79 Å². The maximum absolute atomic E-state index is 11.7. The Kier molecular flexibility index (Phi) is 4.24. The molecule has 2 aliphatic rings. The van der Waals surface area contributed by atoms with E-state index in [4.69, 9.17) is 0 Å². The molecule has 1 heterocycles. The van der Waals surface area contributed by atoms with Crippen LogP contribution in [0.4, 0.5) is 0 Å². The highest BCUT2D eigenvalue weighted by Gasteiger charge is 2.52. The van der Waals surface area contributed by atoms with Crippen LogP contribution in [-0.2, 0) is 4.79 Å². The molecule has 1 aliphatic heterocycles. The Hall–Kier alpha value is -0.179. The van der Waals surface area contributed by atoms with Crippen molar-refractivity contribution in [2.45, 2.75) is 76.8 Å². The SMILES string of the molecule is C[Si](C)(C)C1=C(C(=O)O)CC(N2[Si](C)(C)CC[Si]2(C)C)C1. The van der Waals surface area contributed by atoms with Gasteiger partial charge in [0.05, 0.1) is 8.07 Å². The Bertz CT molecular complexity index is 476. The molecule has 6 heteroatoms. The number of aliphatic carboxylic acids is 1. The minimum absolute atomic E-state index is 0.489. The van der Waals surface area contributed by atoms with Crippen molar-refractivity contribution in [2.75, 3.05) is 0 Å². The molecule has 1 atom stereocenters. The molecular weight excluding hydrogens is 310 g/mol. The molecule has 1 N–H and O–H groups in total. The summed E-state index contributed by atoms with van der Waals surface area (Å²) in [6.45, 7) is 16.8. The first kappa shape index (κ1) is 17.2. The van der Waals surface area contributed by atoms with Gasteiger partial charge in [-0.3, -0.25) is 0 Å². The summed E-state index contributed by atoms with van der Waals surface area (Å²) in [5.41, 5.74) is 0.765. The van der Waals surface area contributed by atoms with Crippen LogP contribution in [0, 0.1) is 0 Å². The summed E-state index contributed by atoms with van der Waals surface area (Å²) in [4.78, 5) is 11.7. The van der Waals surface area contributed by atoms with Gasteiger partial charge in [0, 0.05) is 11.6 Å². The Labute approximate surface area is 132 Å². The highest BCUT2D eigenvalue weighted by Crippen LogP contribution is 2.45. The van der Waals surface area contributed by atoms with Crippen LogP contribution in [0.25, 0.3) is 0 Å². The van der Waals surface area contributed by atoms with Crippen LogP contribution in [0.3, 0.4) is 0 Å². The van der Waals surface area contributed by atoms with Crippen molar-refractivity contribution in [1.29, 1.82) is 0 Å². The average Bonchev–Trinajstić information content (AvgIpc) is 2.78. The summed E-state index contributed by atoms with van der Waals surface area (Å²) >= 11 is 0. The summed E-state index contributed by atoms with van der Waals surface area (Å²) in [7, 11) is -4.20. The number of carbonyl (C=O) groups is 1. The quantitative estimate of drug-likeness (QED) is 0.785. The Morgan fingerprint density at radius 3 is 1.90 bits per heavy atom. The van der Waals surface area contributed by atoms with Crippen LogP contribution in [0.2, 0.25) is 57.9 Å². The molecule has 0 spiro atoms. The fourth-order valence-electron chi connectivity index (χ4n) is 4.61. The van der Waals surface area contributed by atoms with Crippen molar-refractivity contribution < 1.29 is 9.90 Å². The standard InChI is InChI=1S/C15H31NO2Si3/c1-19(2,3)14-11-12(10-13(14)15(17)18)16-20(4,5)8-9-21(16,6)7/h12H,8-11H2,1-7H3,(H,17,18). The van der Waals surface area contributed by atoms with Crippen LogP contribution in [0.1, 0.15) is 12.8 Å². The highest BCUT2D eigenvalue weighted by molar-refractivity contribution is 6.95. The summed E-state index contributed by atoms with van der Waals surface area (Å²) in [5.74, 6) is -0.659. The van der Waals surface area contributed by atoms with Gasteiger partial charge in [0.1, 0.15) is 16.5 Å². The van der Waals surface area contributed by atoms with Gasteiger partial charge < -0.3 is 9.34 Å². The van der Waals surface area contributed by atoms with Gasteiger partial charge >= 0.3 is 5.97 Å². The third-order valence-corrected chi connectivity index (χ3v) is 18.2. The molecule has 120 valence electrons. The molecular formula is C15H31NO2Si3. The van der Waals surface area contributed by atoms with Crippen LogP contribution in [0.5, 0.6) is 0 Å². The minimum atomic E-state index is -1.53. The third kappa shape index (κ3) is 3.13. The van der Waals surface area contributed by atoms with Crippen molar-refractivity contribution in [3.8, 4) is 0 Å². The molecule has 0 aromatic heterocycles. The summed E-state index contributed by atoms with van der Waals surface area (Å²) in [6.07, 6.45) is 1.83. The number of hydrogen-bond acceptors (Lipinski definition) is 2. The van der Waals surface area contributed by atoms with Crippen LogP contribution < -0.4 is 0 Å². The van der Waals surface area contributed by atoms with E-state index in [1.807, 2.05) is 0 Å². The Balaban J connectivity index is 2.33. The number of carboxylic acid groups (broad SMARTS) is 1. The molecule has 1 saturated heterocycles. The molecule has 0 aromatic carbocycles. The fraction of sp³-hybridized carbons (Fsp3) is 0.800. The molecule has 0 amide bonds. The zero-order valence-electron chi connectivity index (χ0n) is 14.7. The molecule has 0 aromatic rings. The van der Waals surface area contributed by atoms with Crippen molar-refractivity contribution >= 4 is 30.5 Å². The Morgan fingerprint density at radius 2 is 1.57 bits per heavy atom. The van der Waals surface area contributed by atoms with Crippen molar-refractivity contribution in [2.24, 2.45) is 0 Å². The molecule has 1 unspecified atom stereocenters. The van der Waals surface area contributed by atoms with E-state index in [1.54, 1.807) is 0 Å². The number of nitrogens with zero attached hydrogens (tertiary/aromatic N) is 1. The monoisotopic (exact) mass is 341 g/mol. The second-order valence-corrected chi connectivity index (χ2v) is 23.8. The topological polar surface area (TPSA) is 40.5 Å². The van der Waals surface area contributed by atoms with Gasteiger partial charge in [0.25, 0.3) is 0 Å². The molecule has 0 bridgehead atoms. The zero-order chi connectivity index (χ0) is 16.2. The second-order valence-electron chi connectivity index (χ2n) is 9.07. The van der Waals surface area contributed by atoms with Gasteiger partial charge in [0.2, 0.25) is 0 Å². The number of rotatable bonds is 3. The van der Waals surface area contributed by atoms with E-state index in [9.17, 15) is 9.90 Å². The molecule has 1 aliphatic carbocycles. The first-order valence-electron chi connectivity index (χ1n) is 8.11. The van der Waals surface area contributed by atoms with E-state index < -0.39 is 30.5 Å². The molecule has 3 nitrogen and oxygen atoms in total. The lowest BCUT2D eigenvalue weighted by Crippen LogP contribution is -2.59. The maximum atomic E-state index is 11.7. The van der Waals surface area contributed by atoms with Crippen molar-refractivity contribution in [3.05, 3.63) is 10.8 Å². The fourth-order valence-corrected chi connectivity index (χ4v) is 21.5. The van der Waals surface area contributed by atoms with E-state index in [1.165, 1.54) is 17.3 Å². The summed E-state index contributed by atoms with van der Waals surface area (Å²) < 4.78 is 2.90. The van der Waals surface area contributed by atoms with Crippen LogP contribution in [-0.4, -0.2) is 45.9 Å². The van der Waals surface area contributed by atoms with Gasteiger partial charge in [0.15, 0.2) is 0 Å². The van der Waals surface area contributed by atoms with Gasteiger partial charge in [-0.2, -0.15) is 0 Å². The van der Waals surface area contributed by atoms with Gasteiger partial charge in [-0.15, -0.1) is 0 Å². The minimum Gasteiger partial charge on any atom is -0.478 e. The van der Waals surface area contributed by atoms with Crippen molar-refractivity contribution in [3.63, 3.8) is 0 Å². The molecule has 2 rings (SSSR count). The highest BCUT2D eigenvalue weighted by atomic mass is 28.4. The zero-order valence-corrected chi connectivity index (χ0v) is 17.7. The lowest BCUT2D eigenvalue weighted by Gasteiger charge is -2.44. The normalized spacial score (nSPS) is 29.2. The van der Waals surface area contributed by atoms with E-state index in [-0.39, 0.29) is 0 Å². The molecule has 21 heavy (non-hydrogen) atoms. The van der Waals surface area contributed by atoms with E-state index in [0.717, 1.165) is 18.4 Å². The van der Waals surface area contributed by atoms with Gasteiger partial charge in [-0.1, -0.05) is 51.0 Å². The average molecular weight is 342 g/mol. The number of carboxylic acids is 1. The molecule has 1 fully saturated rings. The third-order valence-electron chi connectivity index (χ3n) is 5.43. The first-order valence-corrected chi connectivity index (χ1v) is 17.9. The van der Waals surface area contributed by atoms with Crippen LogP contribution >= 0.6 is 0 Å². The summed E-state index contributed by atoms with van der Waals surface area (Å²) in [6, 6.07) is 3.28. The van der Waals surface area contributed by atoms with Gasteiger partial charge in [-0.05, 0) is 24.9 Å². The second kappa shape index (κ2) is 5.18. The first-order chi connectivity index (χ1) is 9.36. The van der Waals surface area contributed by atoms with Crippen LogP contribution in [0.15, 0.2) is 10.8 Å². The van der Waals surface area contributed by atoms with Crippen molar-refractivity contribution in [1.82, 2.24) is 4.23 Å². The molecule has 0 radical (unpaired) electrons. The van der Waals surface area contributed by atoms with E-state index >= 15 is 0 Å². The van der Waals surface area contributed by atoms with E-state index in [0.29, 0.717) is 6.04 Å². The van der Waals surface area contributed by atoms with E-state index in [2.05, 4.69) is 50.1 Å². The molecule has 0 saturated carbocycles. The smallest absolute Gasteiger partial charge is 0.331 e. The largest absolute Gasteiger partial charge is 0.478 e. The lowest BCUT2D eigenvalue weighted by molar-refractivity contribution is -0.132.